The van der Waals surface area contributed by atoms with E-state index in [1.54, 1.807) is 6.08 Å². The second kappa shape index (κ2) is 64.9. The third-order valence-corrected chi connectivity index (χ3v) is 16.0. The minimum atomic E-state index is -0.841. The smallest absolute Gasteiger partial charge is 0.305 e. The fraction of sp³-hybridized carbons (Fsp3) is 0.913. The number of carbonyl (C=O) groups is 2. The number of nitrogens with one attached hydrogen (secondary N) is 1. The van der Waals surface area contributed by atoms with Crippen LogP contribution in [0, 0.1) is 0 Å². The third-order valence-electron chi connectivity index (χ3n) is 16.0. The minimum absolute atomic E-state index is 0.0100. The van der Waals surface area contributed by atoms with E-state index in [1.165, 1.54) is 308 Å². The number of allylic oxidation sites excluding steroid dienone is 3. The van der Waals surface area contributed by atoms with Crippen LogP contribution in [-0.2, 0) is 14.3 Å². The largest absolute Gasteiger partial charge is 0.466 e. The van der Waals surface area contributed by atoms with Gasteiger partial charge >= 0.3 is 5.97 Å². The van der Waals surface area contributed by atoms with Gasteiger partial charge < -0.3 is 20.3 Å². The molecule has 0 saturated heterocycles. The van der Waals surface area contributed by atoms with Gasteiger partial charge in [-0.15, -0.1) is 0 Å². The summed E-state index contributed by atoms with van der Waals surface area (Å²) >= 11 is 0. The molecule has 0 aromatic carbocycles. The van der Waals surface area contributed by atoms with Crippen LogP contribution in [0.25, 0.3) is 0 Å². The van der Waals surface area contributed by atoms with E-state index in [0.717, 1.165) is 44.9 Å². The first-order valence-electron chi connectivity index (χ1n) is 34.1. The summed E-state index contributed by atoms with van der Waals surface area (Å²) in [6.07, 6.45) is 81.1. The fourth-order valence-corrected chi connectivity index (χ4v) is 10.7. The van der Waals surface area contributed by atoms with Crippen molar-refractivity contribution in [2.24, 2.45) is 0 Å². The van der Waals surface area contributed by atoms with Crippen molar-refractivity contribution in [3.8, 4) is 0 Å². The summed E-state index contributed by atoms with van der Waals surface area (Å²) in [5.41, 5.74) is 0. The van der Waals surface area contributed by atoms with Gasteiger partial charge in [-0.1, -0.05) is 334 Å². The van der Waals surface area contributed by atoms with Gasteiger partial charge in [0, 0.05) is 12.8 Å². The van der Waals surface area contributed by atoms with Gasteiger partial charge in [-0.25, -0.2) is 0 Å². The normalized spacial score (nSPS) is 12.6. The summed E-state index contributed by atoms with van der Waals surface area (Å²) < 4.78 is 5.47. The summed E-state index contributed by atoms with van der Waals surface area (Å²) in [7, 11) is 0. The van der Waals surface area contributed by atoms with Gasteiger partial charge in [-0.3, -0.25) is 9.59 Å². The topological polar surface area (TPSA) is 95.9 Å². The van der Waals surface area contributed by atoms with Crippen molar-refractivity contribution < 1.29 is 24.5 Å². The van der Waals surface area contributed by atoms with Crippen molar-refractivity contribution in [2.45, 2.75) is 392 Å². The zero-order valence-corrected chi connectivity index (χ0v) is 50.8. The summed E-state index contributed by atoms with van der Waals surface area (Å²) in [4.78, 5) is 24.5. The molecule has 0 aliphatic heterocycles. The van der Waals surface area contributed by atoms with Crippen LogP contribution in [0.3, 0.4) is 0 Å². The zero-order valence-electron chi connectivity index (χ0n) is 50.8. The lowest BCUT2D eigenvalue weighted by atomic mass is 10.0. The molecule has 75 heavy (non-hydrogen) atoms. The lowest BCUT2D eigenvalue weighted by Crippen LogP contribution is -2.45. The van der Waals surface area contributed by atoms with Crippen molar-refractivity contribution in [3.05, 3.63) is 24.3 Å². The molecule has 0 rings (SSSR count). The maximum Gasteiger partial charge on any atom is 0.305 e. The van der Waals surface area contributed by atoms with E-state index in [1.807, 2.05) is 6.08 Å². The van der Waals surface area contributed by atoms with Gasteiger partial charge in [-0.2, -0.15) is 0 Å². The molecule has 0 aliphatic rings. The highest BCUT2D eigenvalue weighted by Crippen LogP contribution is 2.19. The van der Waals surface area contributed by atoms with Crippen LogP contribution in [0.1, 0.15) is 380 Å². The summed E-state index contributed by atoms with van der Waals surface area (Å²) in [5.74, 6) is -0.0514. The number of hydrogen-bond acceptors (Lipinski definition) is 5. The minimum Gasteiger partial charge on any atom is -0.466 e. The van der Waals surface area contributed by atoms with E-state index in [4.69, 9.17) is 4.74 Å². The average Bonchev–Trinajstić information content (AvgIpc) is 3.41. The standard InChI is InChI=1S/C69H133NO5/c1-3-5-7-9-11-13-15-17-18-35-38-41-45-49-53-57-61-67(72)66(65-71)70-68(73)62-58-54-50-46-42-39-36-33-31-29-27-25-23-21-19-20-22-24-26-28-30-32-34-37-40-44-48-52-56-60-64-75-69(74)63-59-55-51-47-43-16-14-12-10-8-6-4-2/h12,14,57,61,66-67,71-72H,3-11,13,15-56,58-60,62-65H2,1-2H3,(H,70,73)/b14-12-,61-57+. The van der Waals surface area contributed by atoms with E-state index in [2.05, 4.69) is 31.3 Å². The molecule has 0 heterocycles. The Balaban J connectivity index is 3.35. The van der Waals surface area contributed by atoms with Crippen molar-refractivity contribution in [3.63, 3.8) is 0 Å². The average molecular weight is 1060 g/mol. The molecule has 2 atom stereocenters. The van der Waals surface area contributed by atoms with Gasteiger partial charge in [0.05, 0.1) is 25.4 Å². The zero-order chi connectivity index (χ0) is 54.3. The van der Waals surface area contributed by atoms with Crippen LogP contribution in [0.15, 0.2) is 24.3 Å². The highest BCUT2D eigenvalue weighted by Gasteiger charge is 2.18. The predicted octanol–water partition coefficient (Wildman–Crippen LogP) is 21.8. The van der Waals surface area contributed by atoms with Crippen LogP contribution in [0.5, 0.6) is 0 Å². The molecule has 3 N–H and O–H groups in total. The first-order valence-corrected chi connectivity index (χ1v) is 34.1. The molecule has 0 aromatic rings. The first kappa shape index (κ1) is 73.3. The lowest BCUT2D eigenvalue weighted by Gasteiger charge is -2.20. The SMILES string of the molecule is CCCCC/C=C\CCCCCCCC(=O)OCCCCCCCCCCCCCCCCCCCCCCCCCCCCCCCCC(=O)NC(CO)C(O)/C=C/CCCCCCCCCCCCCCCC. The van der Waals surface area contributed by atoms with E-state index in [0.29, 0.717) is 19.4 Å². The molecular formula is C69H133NO5. The van der Waals surface area contributed by atoms with Gasteiger partial charge in [-0.05, 0) is 57.8 Å². The highest BCUT2D eigenvalue weighted by molar-refractivity contribution is 5.76. The Bertz CT molecular complexity index is 1170. The Morgan fingerprint density at radius 1 is 0.360 bits per heavy atom. The number of carbonyl (C=O) groups excluding carboxylic acids is 2. The van der Waals surface area contributed by atoms with E-state index in [-0.39, 0.29) is 18.5 Å². The molecule has 1 amide bonds. The molecule has 444 valence electrons. The molecular weight excluding hydrogens is 923 g/mol. The van der Waals surface area contributed by atoms with Gasteiger partial charge in [0.2, 0.25) is 5.91 Å². The summed E-state index contributed by atoms with van der Waals surface area (Å²) in [5, 5.41) is 23.2. The second-order valence-corrected chi connectivity index (χ2v) is 23.5. The Morgan fingerprint density at radius 3 is 0.973 bits per heavy atom. The van der Waals surface area contributed by atoms with Crippen LogP contribution in [0.4, 0.5) is 0 Å². The van der Waals surface area contributed by atoms with Crippen LogP contribution >= 0.6 is 0 Å². The maximum atomic E-state index is 12.5. The predicted molar refractivity (Wildman–Crippen MR) is 329 cm³/mol. The van der Waals surface area contributed by atoms with Crippen LogP contribution in [-0.4, -0.2) is 47.4 Å². The van der Waals surface area contributed by atoms with Gasteiger partial charge in [0.1, 0.15) is 0 Å². The number of unbranched alkanes of at least 4 members (excludes halogenated alkanes) is 51. The van der Waals surface area contributed by atoms with E-state index in [9.17, 15) is 19.8 Å². The Kier molecular flexibility index (Phi) is 63.4. The Morgan fingerprint density at radius 2 is 0.627 bits per heavy atom. The van der Waals surface area contributed by atoms with E-state index >= 15 is 0 Å². The lowest BCUT2D eigenvalue weighted by molar-refractivity contribution is -0.143. The molecule has 0 fully saturated rings. The molecule has 6 nitrogen and oxygen atoms in total. The number of aliphatic hydroxyl groups is 2. The molecule has 0 bridgehead atoms. The third kappa shape index (κ3) is 61.4. The Labute approximate surface area is 469 Å². The van der Waals surface area contributed by atoms with Gasteiger partial charge in [0.25, 0.3) is 0 Å². The number of ether oxygens (including phenoxy) is 1. The Hall–Kier alpha value is -1.66. The van der Waals surface area contributed by atoms with Crippen molar-refractivity contribution in [1.29, 1.82) is 0 Å². The van der Waals surface area contributed by atoms with Crippen LogP contribution in [0.2, 0.25) is 0 Å². The highest BCUT2D eigenvalue weighted by atomic mass is 16.5. The molecule has 0 aromatic heterocycles. The van der Waals surface area contributed by atoms with E-state index < -0.39 is 12.1 Å². The summed E-state index contributed by atoms with van der Waals surface area (Å²) in [6, 6.07) is -0.624. The summed E-state index contributed by atoms with van der Waals surface area (Å²) in [6.45, 7) is 4.91. The van der Waals surface area contributed by atoms with Gasteiger partial charge in [0.15, 0.2) is 0 Å². The molecule has 2 unspecified atom stereocenters. The maximum absolute atomic E-state index is 12.5. The van der Waals surface area contributed by atoms with Crippen molar-refractivity contribution in [2.75, 3.05) is 13.2 Å². The second-order valence-electron chi connectivity index (χ2n) is 23.5. The first-order chi connectivity index (χ1) is 37.0. The van der Waals surface area contributed by atoms with Crippen LogP contribution < -0.4 is 5.32 Å². The molecule has 0 saturated carbocycles. The molecule has 0 aliphatic carbocycles. The van der Waals surface area contributed by atoms with Crippen molar-refractivity contribution >= 4 is 11.9 Å². The molecule has 0 radical (unpaired) electrons. The quantitative estimate of drug-likeness (QED) is 0.0320. The fourth-order valence-electron chi connectivity index (χ4n) is 10.7. The number of aliphatic hydroxyl groups excluding tert-OH is 2. The molecule has 0 spiro atoms. The number of amides is 1. The van der Waals surface area contributed by atoms with Crippen molar-refractivity contribution in [1.82, 2.24) is 5.32 Å². The monoisotopic (exact) mass is 1060 g/mol. The number of hydrogen-bond donors (Lipinski definition) is 3. The molecule has 6 heteroatoms. The number of esters is 1. The number of rotatable bonds is 64.